The van der Waals surface area contributed by atoms with Crippen LogP contribution in [-0.2, 0) is 9.59 Å². The van der Waals surface area contributed by atoms with Crippen molar-refractivity contribution in [1.29, 1.82) is 0 Å². The molecule has 0 radical (unpaired) electrons. The van der Waals surface area contributed by atoms with Gasteiger partial charge in [0.25, 0.3) is 0 Å². The van der Waals surface area contributed by atoms with Crippen LogP contribution in [0.2, 0.25) is 0 Å². The number of carbonyl (C=O) groups is 2. The smallest absolute Gasteiger partial charge is 0.159 e. The lowest BCUT2D eigenvalue weighted by molar-refractivity contribution is -0.127. The number of rotatable bonds is 8. The molecule has 0 aliphatic carbocycles. The highest BCUT2D eigenvalue weighted by atomic mass is 32.1. The molecule has 2 heterocycles. The maximum absolute atomic E-state index is 12.2. The van der Waals surface area contributed by atoms with Crippen LogP contribution in [0.3, 0.4) is 0 Å². The normalized spacial score (nSPS) is 10.1. The number of hydrogen-bond donors (Lipinski definition) is 0. The fourth-order valence-electron chi connectivity index (χ4n) is 2.42. The first-order valence-corrected chi connectivity index (χ1v) is 9.04. The van der Waals surface area contributed by atoms with Crippen LogP contribution in [0.1, 0.15) is 17.5 Å². The summed E-state index contributed by atoms with van der Waals surface area (Å²) in [6.45, 7) is 0.131. The summed E-state index contributed by atoms with van der Waals surface area (Å²) in [5, 5.41) is 0. The second-order valence-corrected chi connectivity index (χ2v) is 6.83. The zero-order valence-electron chi connectivity index (χ0n) is 15.2. The van der Waals surface area contributed by atoms with Gasteiger partial charge in [0.1, 0.15) is 9.98 Å². The lowest BCUT2D eigenvalue weighted by Crippen LogP contribution is -2.35. The van der Waals surface area contributed by atoms with Gasteiger partial charge in [-0.25, -0.2) is 0 Å². The van der Waals surface area contributed by atoms with Crippen LogP contribution in [0.5, 0.6) is 0 Å². The van der Waals surface area contributed by atoms with Crippen LogP contribution in [0.15, 0.2) is 49.1 Å². The van der Waals surface area contributed by atoms with E-state index in [-0.39, 0.29) is 31.1 Å². The van der Waals surface area contributed by atoms with Gasteiger partial charge in [0.15, 0.2) is 11.6 Å². The van der Waals surface area contributed by atoms with E-state index in [1.807, 2.05) is 12.1 Å². The Morgan fingerprint density at radius 3 is 1.59 bits per heavy atom. The zero-order chi connectivity index (χ0) is 19.8. The third kappa shape index (κ3) is 6.26. The van der Waals surface area contributed by atoms with E-state index in [0.717, 1.165) is 11.1 Å². The van der Waals surface area contributed by atoms with Gasteiger partial charge in [0, 0.05) is 50.0 Å². The first-order chi connectivity index (χ1) is 12.9. The van der Waals surface area contributed by atoms with Gasteiger partial charge in [-0.2, -0.15) is 0 Å². The van der Waals surface area contributed by atoms with Gasteiger partial charge in [0.2, 0.25) is 0 Å². The molecule has 0 N–H and O–H groups in total. The number of Topliss-reactive ketones (excluding diaryl/α,β-unsaturated/α-hetero) is 2. The number of pyridine rings is 2. The molecule has 140 valence electrons. The van der Waals surface area contributed by atoms with E-state index in [4.69, 9.17) is 24.4 Å². The summed E-state index contributed by atoms with van der Waals surface area (Å²) in [7, 11) is 3.45. The summed E-state index contributed by atoms with van der Waals surface area (Å²) in [4.78, 5) is 36.8. The third-order valence-corrected chi connectivity index (χ3v) is 4.83. The van der Waals surface area contributed by atoms with Crippen molar-refractivity contribution in [2.75, 3.05) is 27.2 Å². The molecule has 2 aromatic heterocycles. The molecule has 0 fully saturated rings. The Morgan fingerprint density at radius 1 is 0.852 bits per heavy atom. The van der Waals surface area contributed by atoms with Gasteiger partial charge in [-0.1, -0.05) is 24.4 Å². The molecular weight excluding hydrogens is 380 g/mol. The highest BCUT2D eigenvalue weighted by molar-refractivity contribution is 7.80. The number of likely N-dealkylation sites (N-methyl/N-ethyl adjacent to an activating group) is 2. The first-order valence-electron chi connectivity index (χ1n) is 8.23. The Balaban J connectivity index is 1.83. The predicted octanol–water partition coefficient (Wildman–Crippen LogP) is 1.92. The zero-order valence-corrected chi connectivity index (χ0v) is 16.8. The summed E-state index contributed by atoms with van der Waals surface area (Å²) in [6, 6.07) is 7.22. The molecule has 0 amide bonds. The summed E-state index contributed by atoms with van der Waals surface area (Å²) in [6.07, 6.45) is 6.43. The van der Waals surface area contributed by atoms with E-state index in [0.29, 0.717) is 9.98 Å². The van der Waals surface area contributed by atoms with E-state index >= 15 is 0 Å². The average molecular weight is 401 g/mol. The minimum atomic E-state index is -0.200. The molecule has 6 nitrogen and oxygen atoms in total. The van der Waals surface area contributed by atoms with Crippen LogP contribution in [-0.4, -0.2) is 68.5 Å². The van der Waals surface area contributed by atoms with Crippen molar-refractivity contribution in [1.82, 2.24) is 19.8 Å². The van der Waals surface area contributed by atoms with Crippen LogP contribution >= 0.6 is 24.4 Å². The molecule has 0 unspecified atom stereocenters. The van der Waals surface area contributed by atoms with Gasteiger partial charge >= 0.3 is 0 Å². The average Bonchev–Trinajstić information content (AvgIpc) is 2.67. The summed E-state index contributed by atoms with van der Waals surface area (Å²) < 4.78 is 0. The molecule has 0 saturated heterocycles. The highest BCUT2D eigenvalue weighted by Crippen LogP contribution is 2.06. The predicted molar refractivity (Wildman–Crippen MR) is 112 cm³/mol. The molecule has 27 heavy (non-hydrogen) atoms. The molecule has 0 bridgehead atoms. The van der Waals surface area contributed by atoms with Crippen molar-refractivity contribution in [3.63, 3.8) is 0 Å². The van der Waals surface area contributed by atoms with E-state index in [1.165, 1.54) is 0 Å². The van der Waals surface area contributed by atoms with Gasteiger partial charge in [0.05, 0.1) is 19.5 Å². The molecule has 0 saturated carbocycles. The number of ketones is 2. The standard InChI is InChI=1S/C19H20N4O2S2/c1-22(18(26)14-5-3-7-20-10-14)12-16(24)9-17(25)13-23(2)19(27)15-6-4-8-21-11-15/h3-8,10-11H,9,12-13H2,1-2H3. The van der Waals surface area contributed by atoms with Crippen LogP contribution in [0.25, 0.3) is 0 Å². The van der Waals surface area contributed by atoms with Gasteiger partial charge < -0.3 is 9.80 Å². The van der Waals surface area contributed by atoms with Crippen molar-refractivity contribution in [3.05, 3.63) is 60.2 Å². The summed E-state index contributed by atoms with van der Waals surface area (Å²) in [5.41, 5.74) is 1.52. The SMILES string of the molecule is CN(CC(=O)CC(=O)CN(C)C(=S)c1cccnc1)C(=S)c1cccnc1. The fraction of sp³-hybridized carbons (Fsp3) is 0.263. The minimum absolute atomic E-state index is 0.0657. The van der Waals surface area contributed by atoms with Crippen molar-refractivity contribution < 1.29 is 9.59 Å². The lowest BCUT2D eigenvalue weighted by atomic mass is 10.1. The topological polar surface area (TPSA) is 66.4 Å². The number of thiocarbonyl (C=S) groups is 2. The Kier molecular flexibility index (Phi) is 7.63. The molecule has 0 aromatic carbocycles. The minimum Gasteiger partial charge on any atom is -0.358 e. The number of aromatic nitrogens is 2. The first kappa shape index (κ1) is 20.7. The van der Waals surface area contributed by atoms with Crippen LogP contribution < -0.4 is 0 Å². The second kappa shape index (κ2) is 9.94. The molecule has 0 atom stereocenters. The monoisotopic (exact) mass is 400 g/mol. The second-order valence-electron chi connectivity index (χ2n) is 6.06. The Bertz CT molecular complexity index is 759. The molecule has 8 heteroatoms. The van der Waals surface area contributed by atoms with Crippen LogP contribution in [0, 0.1) is 0 Å². The molecule has 0 aliphatic heterocycles. The van der Waals surface area contributed by atoms with E-state index in [1.54, 1.807) is 60.8 Å². The molecule has 0 aliphatic rings. The summed E-state index contributed by atoms with van der Waals surface area (Å²) in [5.74, 6) is -0.399. The quantitative estimate of drug-likeness (QED) is 0.492. The van der Waals surface area contributed by atoms with Crippen molar-refractivity contribution in [2.45, 2.75) is 6.42 Å². The number of carbonyl (C=O) groups excluding carboxylic acids is 2. The largest absolute Gasteiger partial charge is 0.358 e. The number of nitrogens with zero attached hydrogens (tertiary/aromatic N) is 4. The Morgan fingerprint density at radius 2 is 1.26 bits per heavy atom. The molecular formula is C19H20N4O2S2. The number of hydrogen-bond acceptors (Lipinski definition) is 6. The van der Waals surface area contributed by atoms with Crippen molar-refractivity contribution in [3.8, 4) is 0 Å². The van der Waals surface area contributed by atoms with Crippen molar-refractivity contribution >= 4 is 46.0 Å². The molecule has 2 rings (SSSR count). The maximum atomic E-state index is 12.2. The van der Waals surface area contributed by atoms with Crippen molar-refractivity contribution in [2.24, 2.45) is 0 Å². The third-order valence-electron chi connectivity index (χ3n) is 3.73. The molecule has 0 spiro atoms. The summed E-state index contributed by atoms with van der Waals surface area (Å²) >= 11 is 10.7. The lowest BCUT2D eigenvalue weighted by Gasteiger charge is -2.20. The van der Waals surface area contributed by atoms with Gasteiger partial charge in [-0.05, 0) is 24.3 Å². The Hall–Kier alpha value is -2.58. The van der Waals surface area contributed by atoms with E-state index in [2.05, 4.69) is 9.97 Å². The molecule has 2 aromatic rings. The van der Waals surface area contributed by atoms with E-state index < -0.39 is 0 Å². The van der Waals surface area contributed by atoms with Gasteiger partial charge in [-0.3, -0.25) is 19.6 Å². The van der Waals surface area contributed by atoms with Gasteiger partial charge in [-0.15, -0.1) is 0 Å². The maximum Gasteiger partial charge on any atom is 0.159 e. The fourth-order valence-corrected chi connectivity index (χ4v) is 2.79. The van der Waals surface area contributed by atoms with Crippen LogP contribution in [0.4, 0.5) is 0 Å². The van der Waals surface area contributed by atoms with E-state index in [9.17, 15) is 9.59 Å². The Labute approximate surface area is 169 Å². The highest BCUT2D eigenvalue weighted by Gasteiger charge is 2.17.